The highest BCUT2D eigenvalue weighted by Gasteiger charge is 2.51. The van der Waals surface area contributed by atoms with Crippen molar-refractivity contribution < 1.29 is 0 Å². The minimum Gasteiger partial charge on any atom is -0.364 e. The maximum absolute atomic E-state index is 5.59. The van der Waals surface area contributed by atoms with Crippen LogP contribution in [-0.2, 0) is 10.8 Å². The summed E-state index contributed by atoms with van der Waals surface area (Å²) >= 11 is 0. The highest BCUT2D eigenvalue weighted by molar-refractivity contribution is 6.13. The number of aliphatic imine (C=N–C) groups is 1. The Labute approximate surface area is 409 Å². The van der Waals surface area contributed by atoms with Crippen LogP contribution in [0.2, 0.25) is 0 Å². The maximum atomic E-state index is 5.59. The lowest BCUT2D eigenvalue weighted by Crippen LogP contribution is -2.39. The quantitative estimate of drug-likeness (QED) is 0.172. The summed E-state index contributed by atoms with van der Waals surface area (Å²) < 4.78 is 0. The van der Waals surface area contributed by atoms with Gasteiger partial charge >= 0.3 is 0 Å². The second-order valence-corrected chi connectivity index (χ2v) is 19.8. The number of benzene rings is 9. The van der Waals surface area contributed by atoms with Gasteiger partial charge in [0.2, 0.25) is 0 Å². The van der Waals surface area contributed by atoms with Gasteiger partial charge in [0, 0.05) is 35.5 Å². The smallest absolute Gasteiger partial charge is 0.177 e. The Bertz CT molecular complexity index is 3760. The van der Waals surface area contributed by atoms with Crippen LogP contribution in [0.4, 0.5) is 22.9 Å². The molecule has 14 rings (SSSR count). The Hall–Kier alpha value is -8.60. The van der Waals surface area contributed by atoms with Crippen molar-refractivity contribution in [2.45, 2.75) is 24.7 Å². The highest BCUT2D eigenvalue weighted by atomic mass is 15.3. The average molecular weight is 897 g/mol. The zero-order valence-electron chi connectivity index (χ0n) is 39.4. The molecular weight excluding hydrogens is 849 g/mol. The molecule has 0 radical (unpaired) electrons. The van der Waals surface area contributed by atoms with Crippen molar-refractivity contribution in [1.29, 1.82) is 0 Å². The zero-order chi connectivity index (χ0) is 46.7. The first-order valence-electron chi connectivity index (χ1n) is 24.4. The van der Waals surface area contributed by atoms with Crippen LogP contribution in [0.5, 0.6) is 0 Å². The van der Waals surface area contributed by atoms with Gasteiger partial charge in [-0.2, -0.15) is 0 Å². The molecular formula is C66H48N4. The van der Waals surface area contributed by atoms with Crippen molar-refractivity contribution in [2.24, 2.45) is 4.99 Å². The molecule has 9 aromatic carbocycles. The van der Waals surface area contributed by atoms with Crippen LogP contribution in [0.3, 0.4) is 0 Å². The Balaban J connectivity index is 0.966. The molecule has 0 unspecified atom stereocenters. The molecule has 0 saturated heterocycles. The molecule has 1 aromatic heterocycles. The number of nitrogens with zero attached hydrogens (tertiary/aromatic N) is 4. The molecule has 2 heterocycles. The Kier molecular flexibility index (Phi) is 8.79. The molecule has 4 nitrogen and oxygen atoms in total. The third-order valence-corrected chi connectivity index (χ3v) is 15.7. The van der Waals surface area contributed by atoms with Crippen molar-refractivity contribution in [2.75, 3.05) is 23.4 Å². The van der Waals surface area contributed by atoms with Crippen LogP contribution in [-0.4, -0.2) is 24.4 Å². The number of hydrogen-bond acceptors (Lipinski definition) is 4. The van der Waals surface area contributed by atoms with Crippen molar-refractivity contribution in [1.82, 2.24) is 4.98 Å². The van der Waals surface area contributed by atoms with Gasteiger partial charge in [-0.05, 0) is 119 Å². The van der Waals surface area contributed by atoms with E-state index in [1.54, 1.807) is 0 Å². The number of anilines is 3. The van der Waals surface area contributed by atoms with E-state index in [-0.39, 0.29) is 5.41 Å². The Morgan fingerprint density at radius 1 is 0.429 bits per heavy atom. The number of aromatic nitrogens is 1. The van der Waals surface area contributed by atoms with E-state index in [2.05, 4.69) is 249 Å². The minimum atomic E-state index is -0.438. The monoisotopic (exact) mass is 896 g/mol. The standard InChI is InChI=1S/C66H48N4/c1-65(2)54-28-14-10-23-48(54)52-35-33-44(37-59(52)65)45-38-61-64(67-40-45)68-62(41-69(61)3)70(60-32-18-27-47(42-19-6-4-7-20-42)63(60)43-21-8-5-9-22-43)46-34-36-58-53(39-46)51-26-13-17-31-57(51)66(58)55-29-15-11-24-49(55)50-25-12-16-30-56(50)66/h4-40H,41H2,1-3H3. The van der Waals surface area contributed by atoms with Crippen molar-refractivity contribution in [3.8, 4) is 66.8 Å². The molecule has 1 spiro atoms. The van der Waals surface area contributed by atoms with E-state index < -0.39 is 5.41 Å². The van der Waals surface area contributed by atoms with Gasteiger partial charge in [0.05, 0.1) is 23.3 Å². The van der Waals surface area contributed by atoms with E-state index in [0.29, 0.717) is 12.4 Å². The van der Waals surface area contributed by atoms with Gasteiger partial charge in [0.15, 0.2) is 5.82 Å². The molecule has 0 bridgehead atoms. The minimum absolute atomic E-state index is 0.0915. The lowest BCUT2D eigenvalue weighted by Gasteiger charge is -2.35. The average Bonchev–Trinajstić information content (AvgIpc) is 3.97. The molecule has 0 fully saturated rings. The number of likely N-dealkylation sites (N-methyl/N-ethyl adjacent to an activating group) is 1. The third kappa shape index (κ3) is 5.71. The zero-order valence-corrected chi connectivity index (χ0v) is 39.4. The number of pyridine rings is 1. The molecule has 70 heavy (non-hydrogen) atoms. The summed E-state index contributed by atoms with van der Waals surface area (Å²) in [5, 5.41) is 0. The fourth-order valence-electron chi connectivity index (χ4n) is 12.6. The third-order valence-electron chi connectivity index (χ3n) is 15.7. The number of hydrogen-bond donors (Lipinski definition) is 0. The summed E-state index contributed by atoms with van der Waals surface area (Å²) in [6, 6.07) is 80.6. The SMILES string of the molecule is CN1CC(N(c2ccc3c(c2)-c2ccccc2C32c3ccccc3-c3ccccc32)c2cccc(-c3ccccc3)c2-c2ccccc2)=Nc2ncc(-c3ccc4c(c3)C(C)(C)c3ccccc3-4)cc21. The topological polar surface area (TPSA) is 31.7 Å². The number of rotatable bonds is 5. The largest absolute Gasteiger partial charge is 0.364 e. The number of fused-ring (bicyclic) bond motifs is 14. The molecule has 0 N–H and O–H groups in total. The van der Waals surface area contributed by atoms with E-state index >= 15 is 0 Å². The van der Waals surface area contributed by atoms with Crippen LogP contribution >= 0.6 is 0 Å². The Morgan fingerprint density at radius 2 is 0.971 bits per heavy atom. The van der Waals surface area contributed by atoms with E-state index in [1.165, 1.54) is 66.8 Å². The first-order chi connectivity index (χ1) is 34.4. The van der Waals surface area contributed by atoms with E-state index in [1.807, 2.05) is 6.20 Å². The van der Waals surface area contributed by atoms with Crippen LogP contribution in [0.1, 0.15) is 47.2 Å². The van der Waals surface area contributed by atoms with E-state index in [0.717, 1.165) is 56.3 Å². The van der Waals surface area contributed by atoms with Gasteiger partial charge in [-0.15, -0.1) is 0 Å². The summed E-state index contributed by atoms with van der Waals surface area (Å²) in [4.78, 5) is 15.5. The fraction of sp³-hybridized carbons (Fsp3) is 0.0909. The molecule has 0 atom stereocenters. The second kappa shape index (κ2) is 15.2. The lowest BCUT2D eigenvalue weighted by molar-refractivity contribution is 0.660. The normalized spacial score (nSPS) is 14.7. The number of amidine groups is 1. The molecule has 10 aromatic rings. The summed E-state index contributed by atoms with van der Waals surface area (Å²) in [6.07, 6.45) is 2.01. The summed E-state index contributed by atoms with van der Waals surface area (Å²) in [7, 11) is 2.18. The first-order valence-corrected chi connectivity index (χ1v) is 24.4. The van der Waals surface area contributed by atoms with Gasteiger partial charge in [0.25, 0.3) is 0 Å². The molecule has 0 saturated carbocycles. The predicted molar refractivity (Wildman–Crippen MR) is 290 cm³/mol. The Morgan fingerprint density at radius 3 is 1.64 bits per heavy atom. The van der Waals surface area contributed by atoms with E-state index in [4.69, 9.17) is 9.98 Å². The van der Waals surface area contributed by atoms with Crippen LogP contribution in [0, 0.1) is 0 Å². The van der Waals surface area contributed by atoms with Crippen LogP contribution < -0.4 is 9.80 Å². The highest BCUT2D eigenvalue weighted by Crippen LogP contribution is 2.63. The van der Waals surface area contributed by atoms with Gasteiger partial charge in [0.1, 0.15) is 5.84 Å². The molecule has 1 aliphatic heterocycles. The van der Waals surface area contributed by atoms with Gasteiger partial charge in [-0.3, -0.25) is 4.90 Å². The molecule has 332 valence electrons. The second-order valence-electron chi connectivity index (χ2n) is 19.8. The molecule has 0 amide bonds. The van der Waals surface area contributed by atoms with Crippen LogP contribution in [0.25, 0.3) is 66.8 Å². The van der Waals surface area contributed by atoms with E-state index in [9.17, 15) is 0 Å². The lowest BCUT2D eigenvalue weighted by atomic mass is 9.70. The molecule has 4 aliphatic rings. The summed E-state index contributed by atoms with van der Waals surface area (Å²) in [6.45, 7) is 5.24. The van der Waals surface area contributed by atoms with Gasteiger partial charge in [-0.1, -0.05) is 202 Å². The van der Waals surface area contributed by atoms with Crippen molar-refractivity contribution in [3.05, 3.63) is 258 Å². The predicted octanol–water partition coefficient (Wildman–Crippen LogP) is 16.1. The maximum Gasteiger partial charge on any atom is 0.177 e. The van der Waals surface area contributed by atoms with Gasteiger partial charge < -0.3 is 4.90 Å². The van der Waals surface area contributed by atoms with Crippen molar-refractivity contribution >= 4 is 28.7 Å². The first kappa shape index (κ1) is 40.5. The van der Waals surface area contributed by atoms with Crippen LogP contribution in [0.15, 0.2) is 230 Å². The summed E-state index contributed by atoms with van der Waals surface area (Å²) in [5.41, 5.74) is 25.2. The van der Waals surface area contributed by atoms with Crippen molar-refractivity contribution in [3.63, 3.8) is 0 Å². The summed E-state index contributed by atoms with van der Waals surface area (Å²) in [5.74, 6) is 1.60. The molecule has 3 aliphatic carbocycles. The fourth-order valence-corrected chi connectivity index (χ4v) is 12.6. The molecule has 4 heteroatoms. The van der Waals surface area contributed by atoms with Gasteiger partial charge in [-0.25, -0.2) is 9.98 Å².